The fourth-order valence-corrected chi connectivity index (χ4v) is 3.61. The molecule has 0 atom stereocenters. The minimum absolute atomic E-state index is 0.606. The van der Waals surface area contributed by atoms with Crippen LogP contribution in [0.1, 0.15) is 0 Å². The second kappa shape index (κ2) is 6.52. The Bertz CT molecular complexity index is 733. The van der Waals surface area contributed by atoms with Crippen molar-refractivity contribution in [1.29, 1.82) is 0 Å². The molecule has 0 radical (unpaired) electrons. The van der Waals surface area contributed by atoms with Gasteiger partial charge in [-0.3, -0.25) is 0 Å². The maximum atomic E-state index is 6.29. The summed E-state index contributed by atoms with van der Waals surface area (Å²) >= 11 is 25.2. The van der Waals surface area contributed by atoms with Crippen LogP contribution in [-0.2, 0) is 0 Å². The Morgan fingerprint density at radius 1 is 0.455 bits per heavy atom. The van der Waals surface area contributed by atoms with Crippen LogP contribution in [0.3, 0.4) is 0 Å². The Kier molecular flexibility index (Phi) is 4.65. The fraction of sp³-hybridized carbons (Fsp3) is 0. The van der Waals surface area contributed by atoms with E-state index in [0.29, 0.717) is 20.1 Å². The molecule has 0 saturated carbocycles. The maximum absolute atomic E-state index is 6.29. The van der Waals surface area contributed by atoms with Crippen molar-refractivity contribution >= 4 is 46.4 Å². The lowest BCUT2D eigenvalue weighted by Crippen LogP contribution is -1.85. The number of benzene rings is 3. The third-order valence-electron chi connectivity index (χ3n) is 3.37. The van der Waals surface area contributed by atoms with E-state index in [1.165, 1.54) is 0 Å². The summed E-state index contributed by atoms with van der Waals surface area (Å²) < 4.78 is 0. The van der Waals surface area contributed by atoms with Crippen LogP contribution < -0.4 is 0 Å². The van der Waals surface area contributed by atoms with Crippen LogP contribution in [0, 0.1) is 0 Å². The van der Waals surface area contributed by atoms with Crippen molar-refractivity contribution < 1.29 is 0 Å². The molecule has 0 aromatic heterocycles. The van der Waals surface area contributed by atoms with Crippen molar-refractivity contribution in [3.8, 4) is 22.3 Å². The van der Waals surface area contributed by atoms with Crippen LogP contribution >= 0.6 is 46.4 Å². The summed E-state index contributed by atoms with van der Waals surface area (Å²) in [5.74, 6) is 0. The first-order valence-corrected chi connectivity index (χ1v) is 8.08. The first-order chi connectivity index (χ1) is 10.6. The first-order valence-electron chi connectivity index (χ1n) is 6.57. The Morgan fingerprint density at radius 2 is 0.773 bits per heavy atom. The van der Waals surface area contributed by atoms with E-state index in [1.54, 1.807) is 0 Å². The number of rotatable bonds is 2. The molecule has 22 heavy (non-hydrogen) atoms. The molecular weight excluding hydrogens is 358 g/mol. The lowest BCUT2D eigenvalue weighted by atomic mass is 9.99. The van der Waals surface area contributed by atoms with E-state index < -0.39 is 0 Å². The predicted octanol–water partition coefficient (Wildman–Crippen LogP) is 7.63. The summed E-state index contributed by atoms with van der Waals surface area (Å²) in [5, 5.41) is 2.43. The highest BCUT2D eigenvalue weighted by molar-refractivity contribution is 6.40. The SMILES string of the molecule is Clc1cccc(Cl)c1-c1cccc(-c2c(Cl)cccc2Cl)c1. The van der Waals surface area contributed by atoms with E-state index in [-0.39, 0.29) is 0 Å². The normalized spacial score (nSPS) is 10.7. The van der Waals surface area contributed by atoms with Gasteiger partial charge in [0.15, 0.2) is 0 Å². The summed E-state index contributed by atoms with van der Waals surface area (Å²) in [6.45, 7) is 0. The molecular formula is C18H10Cl4. The van der Waals surface area contributed by atoms with Gasteiger partial charge in [-0.15, -0.1) is 0 Å². The van der Waals surface area contributed by atoms with Crippen molar-refractivity contribution in [2.24, 2.45) is 0 Å². The molecule has 0 spiro atoms. The third-order valence-corrected chi connectivity index (χ3v) is 4.63. The molecule has 3 aromatic rings. The average molecular weight is 368 g/mol. The van der Waals surface area contributed by atoms with Gasteiger partial charge in [0, 0.05) is 31.2 Å². The van der Waals surface area contributed by atoms with Crippen LogP contribution in [0.25, 0.3) is 22.3 Å². The Labute approximate surface area is 149 Å². The van der Waals surface area contributed by atoms with Crippen LogP contribution in [-0.4, -0.2) is 0 Å². The van der Waals surface area contributed by atoms with Crippen LogP contribution in [0.15, 0.2) is 60.7 Å². The van der Waals surface area contributed by atoms with Crippen LogP contribution in [0.2, 0.25) is 20.1 Å². The van der Waals surface area contributed by atoms with E-state index in [9.17, 15) is 0 Å². The molecule has 110 valence electrons. The molecule has 0 bridgehead atoms. The van der Waals surface area contributed by atoms with Gasteiger partial charge in [0.2, 0.25) is 0 Å². The molecule has 3 aromatic carbocycles. The highest BCUT2D eigenvalue weighted by Gasteiger charge is 2.12. The molecule has 0 aliphatic carbocycles. The largest absolute Gasteiger partial charge is 0.0836 e. The van der Waals surface area contributed by atoms with E-state index >= 15 is 0 Å². The number of halogens is 4. The number of hydrogen-bond donors (Lipinski definition) is 0. The van der Waals surface area contributed by atoms with E-state index in [2.05, 4.69) is 0 Å². The molecule has 0 saturated heterocycles. The monoisotopic (exact) mass is 366 g/mol. The highest BCUT2D eigenvalue weighted by Crippen LogP contribution is 2.39. The predicted molar refractivity (Wildman–Crippen MR) is 97.4 cm³/mol. The van der Waals surface area contributed by atoms with Gasteiger partial charge in [-0.05, 0) is 41.5 Å². The second-order valence-electron chi connectivity index (χ2n) is 4.77. The lowest BCUT2D eigenvalue weighted by molar-refractivity contribution is 1.58. The van der Waals surface area contributed by atoms with Gasteiger partial charge in [0.05, 0.1) is 0 Å². The third kappa shape index (κ3) is 2.98. The Balaban J connectivity index is 2.19. The molecule has 0 heterocycles. The average Bonchev–Trinajstić information content (AvgIpc) is 2.47. The standard InChI is InChI=1S/C18H10Cl4/c19-13-6-2-7-14(20)17(13)11-4-1-5-12(10-11)18-15(21)8-3-9-16(18)22/h1-10H. The van der Waals surface area contributed by atoms with Gasteiger partial charge in [-0.1, -0.05) is 76.7 Å². The summed E-state index contributed by atoms with van der Waals surface area (Å²) in [5.41, 5.74) is 3.44. The van der Waals surface area contributed by atoms with Gasteiger partial charge in [-0.2, -0.15) is 0 Å². The molecule has 0 aliphatic rings. The Hall–Kier alpha value is -1.18. The molecule has 0 unspecified atom stereocenters. The van der Waals surface area contributed by atoms with Crippen molar-refractivity contribution in [1.82, 2.24) is 0 Å². The van der Waals surface area contributed by atoms with Gasteiger partial charge in [0.25, 0.3) is 0 Å². The number of hydrogen-bond acceptors (Lipinski definition) is 0. The smallest absolute Gasteiger partial charge is 0.0499 e. The molecule has 3 rings (SSSR count). The summed E-state index contributed by atoms with van der Waals surface area (Å²) in [4.78, 5) is 0. The van der Waals surface area contributed by atoms with E-state index in [4.69, 9.17) is 46.4 Å². The molecule has 0 N–H and O–H groups in total. The maximum Gasteiger partial charge on any atom is 0.0499 e. The van der Waals surface area contributed by atoms with E-state index in [1.807, 2.05) is 60.7 Å². The molecule has 0 aliphatic heterocycles. The zero-order valence-corrected chi connectivity index (χ0v) is 14.3. The van der Waals surface area contributed by atoms with Gasteiger partial charge in [0.1, 0.15) is 0 Å². The molecule has 4 heteroatoms. The quantitative estimate of drug-likeness (QED) is 0.436. The minimum Gasteiger partial charge on any atom is -0.0836 e. The topological polar surface area (TPSA) is 0 Å². The van der Waals surface area contributed by atoms with E-state index in [0.717, 1.165) is 22.3 Å². The highest BCUT2D eigenvalue weighted by atomic mass is 35.5. The minimum atomic E-state index is 0.606. The zero-order valence-electron chi connectivity index (χ0n) is 11.3. The molecule has 0 nitrogen and oxygen atoms in total. The van der Waals surface area contributed by atoms with Gasteiger partial charge >= 0.3 is 0 Å². The fourth-order valence-electron chi connectivity index (χ4n) is 2.38. The van der Waals surface area contributed by atoms with Gasteiger partial charge in [-0.25, -0.2) is 0 Å². The summed E-state index contributed by atoms with van der Waals surface area (Å²) in [6, 6.07) is 18.8. The molecule has 0 fully saturated rings. The zero-order chi connectivity index (χ0) is 15.7. The van der Waals surface area contributed by atoms with Crippen molar-refractivity contribution in [2.45, 2.75) is 0 Å². The van der Waals surface area contributed by atoms with Crippen LogP contribution in [0.4, 0.5) is 0 Å². The molecule has 0 amide bonds. The van der Waals surface area contributed by atoms with Gasteiger partial charge < -0.3 is 0 Å². The van der Waals surface area contributed by atoms with Crippen molar-refractivity contribution in [3.05, 3.63) is 80.8 Å². The van der Waals surface area contributed by atoms with Crippen molar-refractivity contribution in [2.75, 3.05) is 0 Å². The second-order valence-corrected chi connectivity index (χ2v) is 6.40. The van der Waals surface area contributed by atoms with Crippen molar-refractivity contribution in [3.63, 3.8) is 0 Å². The summed E-state index contributed by atoms with van der Waals surface area (Å²) in [6.07, 6.45) is 0. The lowest BCUT2D eigenvalue weighted by Gasteiger charge is -2.11. The summed E-state index contributed by atoms with van der Waals surface area (Å²) in [7, 11) is 0. The first kappa shape index (κ1) is 15.7. The van der Waals surface area contributed by atoms with Crippen LogP contribution in [0.5, 0.6) is 0 Å². The Morgan fingerprint density at radius 3 is 1.14 bits per heavy atom.